The Morgan fingerprint density at radius 2 is 2.00 bits per heavy atom. The average molecular weight is 319 g/mol. The smallest absolute Gasteiger partial charge is 0.242 e. The van der Waals surface area contributed by atoms with Gasteiger partial charge in [-0.15, -0.1) is 0 Å². The van der Waals surface area contributed by atoms with Gasteiger partial charge in [0.2, 0.25) is 10.0 Å². The number of aliphatic hydroxyl groups excluding tert-OH is 1. The van der Waals surface area contributed by atoms with Crippen LogP contribution in [0.3, 0.4) is 0 Å². The molecular weight excluding hydrogens is 300 g/mol. The minimum Gasteiger partial charge on any atom is -0.398 e. The van der Waals surface area contributed by atoms with Crippen LogP contribution >= 0.6 is 11.6 Å². The van der Waals surface area contributed by atoms with E-state index in [4.69, 9.17) is 17.3 Å². The fourth-order valence-corrected chi connectivity index (χ4v) is 4.13. The maximum Gasteiger partial charge on any atom is 0.242 e. The Morgan fingerprint density at radius 3 is 2.60 bits per heavy atom. The molecule has 1 saturated carbocycles. The molecule has 0 radical (unpaired) electrons. The van der Waals surface area contributed by atoms with Gasteiger partial charge in [0.15, 0.2) is 0 Å². The molecule has 1 aliphatic carbocycles. The van der Waals surface area contributed by atoms with Crippen molar-refractivity contribution in [3.63, 3.8) is 0 Å². The van der Waals surface area contributed by atoms with Crippen LogP contribution in [0.5, 0.6) is 0 Å². The van der Waals surface area contributed by atoms with Gasteiger partial charge in [-0.2, -0.15) is 0 Å². The van der Waals surface area contributed by atoms with Crippen LogP contribution in [0.25, 0.3) is 0 Å². The molecule has 4 N–H and O–H groups in total. The number of sulfonamides is 1. The van der Waals surface area contributed by atoms with Crippen molar-refractivity contribution in [1.29, 1.82) is 0 Å². The molecule has 7 heteroatoms. The SMILES string of the molecule is Nc1ccc(Cl)cc1S(=O)(=O)NCC1(CO)CCCC1. The predicted octanol–water partition coefficient (Wildman–Crippen LogP) is 1.75. The number of nitrogens with one attached hydrogen (secondary N) is 1. The molecule has 0 bridgehead atoms. The maximum atomic E-state index is 12.3. The van der Waals surface area contributed by atoms with Crippen LogP contribution in [0.4, 0.5) is 5.69 Å². The molecule has 2 rings (SSSR count). The first-order valence-corrected chi connectivity index (χ1v) is 8.40. The van der Waals surface area contributed by atoms with E-state index in [1.807, 2.05) is 0 Å². The highest BCUT2D eigenvalue weighted by molar-refractivity contribution is 7.89. The third kappa shape index (κ3) is 3.25. The monoisotopic (exact) mass is 318 g/mol. The molecule has 5 nitrogen and oxygen atoms in total. The number of benzene rings is 1. The molecule has 1 aromatic carbocycles. The fourth-order valence-electron chi connectivity index (χ4n) is 2.58. The highest BCUT2D eigenvalue weighted by Gasteiger charge is 2.34. The summed E-state index contributed by atoms with van der Waals surface area (Å²) in [5.74, 6) is 0. The van der Waals surface area contributed by atoms with E-state index in [1.54, 1.807) is 6.07 Å². The summed E-state index contributed by atoms with van der Waals surface area (Å²) < 4.78 is 27.1. The zero-order valence-corrected chi connectivity index (χ0v) is 12.7. The molecule has 1 aromatic rings. The predicted molar refractivity (Wildman–Crippen MR) is 79.0 cm³/mol. The number of nitrogen functional groups attached to an aromatic ring is 1. The van der Waals surface area contributed by atoms with Gasteiger partial charge in [-0.3, -0.25) is 0 Å². The second-order valence-corrected chi connectivity index (χ2v) is 7.54. The van der Waals surface area contributed by atoms with Crippen molar-refractivity contribution in [3.8, 4) is 0 Å². The van der Waals surface area contributed by atoms with Crippen molar-refractivity contribution in [3.05, 3.63) is 23.2 Å². The zero-order valence-electron chi connectivity index (χ0n) is 11.1. The second-order valence-electron chi connectivity index (χ2n) is 5.37. The first kappa shape index (κ1) is 15.6. The van der Waals surface area contributed by atoms with Crippen LogP contribution < -0.4 is 10.5 Å². The summed E-state index contributed by atoms with van der Waals surface area (Å²) in [6.45, 7) is 0.207. The molecule has 0 aromatic heterocycles. The van der Waals surface area contributed by atoms with E-state index in [0.29, 0.717) is 5.02 Å². The molecule has 1 fully saturated rings. The minimum atomic E-state index is -3.72. The summed E-state index contributed by atoms with van der Waals surface area (Å²) in [6, 6.07) is 4.34. The fraction of sp³-hybridized carbons (Fsp3) is 0.538. The molecule has 0 amide bonds. The first-order chi connectivity index (χ1) is 9.38. The number of anilines is 1. The Bertz CT molecular complexity index is 583. The Balaban J connectivity index is 2.17. The molecule has 0 saturated heterocycles. The van der Waals surface area contributed by atoms with E-state index >= 15 is 0 Å². The van der Waals surface area contributed by atoms with E-state index in [-0.39, 0.29) is 29.1 Å². The Labute approximate surface area is 124 Å². The first-order valence-electron chi connectivity index (χ1n) is 6.54. The van der Waals surface area contributed by atoms with Gasteiger partial charge in [-0.05, 0) is 31.0 Å². The lowest BCUT2D eigenvalue weighted by molar-refractivity contribution is 0.134. The topological polar surface area (TPSA) is 92.4 Å². The quantitative estimate of drug-likeness (QED) is 0.721. The van der Waals surface area contributed by atoms with Crippen LogP contribution in [-0.2, 0) is 10.0 Å². The van der Waals surface area contributed by atoms with Crippen molar-refractivity contribution >= 4 is 27.3 Å². The Morgan fingerprint density at radius 1 is 1.35 bits per heavy atom. The number of hydrogen-bond acceptors (Lipinski definition) is 4. The van der Waals surface area contributed by atoms with Gasteiger partial charge in [-0.25, -0.2) is 13.1 Å². The normalized spacial score (nSPS) is 18.3. The summed E-state index contributed by atoms with van der Waals surface area (Å²) in [4.78, 5) is -0.0175. The van der Waals surface area contributed by atoms with Gasteiger partial charge in [0.05, 0.1) is 5.69 Å². The highest BCUT2D eigenvalue weighted by Crippen LogP contribution is 2.37. The summed E-state index contributed by atoms with van der Waals surface area (Å²) in [5, 5.41) is 9.82. The van der Waals surface area contributed by atoms with Crippen molar-refractivity contribution < 1.29 is 13.5 Å². The van der Waals surface area contributed by atoms with E-state index in [9.17, 15) is 13.5 Å². The molecule has 0 heterocycles. The Hall–Kier alpha value is -0.820. The number of aliphatic hydroxyl groups is 1. The standard InChI is InChI=1S/C13H19ClN2O3S/c14-10-3-4-11(15)12(7-10)20(18,19)16-8-13(9-17)5-1-2-6-13/h3-4,7,16-17H,1-2,5-6,8-9,15H2. The maximum absolute atomic E-state index is 12.3. The van der Waals surface area contributed by atoms with Crippen molar-refractivity contribution in [2.75, 3.05) is 18.9 Å². The van der Waals surface area contributed by atoms with Gasteiger partial charge in [-0.1, -0.05) is 24.4 Å². The number of hydrogen-bond donors (Lipinski definition) is 3. The average Bonchev–Trinajstić information content (AvgIpc) is 2.89. The summed E-state index contributed by atoms with van der Waals surface area (Å²) >= 11 is 5.82. The van der Waals surface area contributed by atoms with Crippen LogP contribution in [0, 0.1) is 5.41 Å². The molecule has 0 spiro atoms. The highest BCUT2D eigenvalue weighted by atomic mass is 35.5. The molecule has 20 heavy (non-hydrogen) atoms. The molecule has 1 aliphatic rings. The second kappa shape index (κ2) is 5.89. The molecule has 0 aliphatic heterocycles. The lowest BCUT2D eigenvalue weighted by Crippen LogP contribution is -2.38. The van der Waals surface area contributed by atoms with Gasteiger partial charge in [0.1, 0.15) is 4.90 Å². The number of rotatable bonds is 5. The summed E-state index contributed by atoms with van der Waals surface area (Å²) in [5.41, 5.74) is 5.51. The van der Waals surface area contributed by atoms with E-state index in [1.165, 1.54) is 12.1 Å². The lowest BCUT2D eigenvalue weighted by Gasteiger charge is -2.26. The van der Waals surface area contributed by atoms with Crippen molar-refractivity contribution in [1.82, 2.24) is 4.72 Å². The van der Waals surface area contributed by atoms with Gasteiger partial charge >= 0.3 is 0 Å². The van der Waals surface area contributed by atoms with E-state index < -0.39 is 10.0 Å². The molecule has 0 atom stereocenters. The lowest BCUT2D eigenvalue weighted by atomic mass is 9.88. The molecule has 0 unspecified atom stereocenters. The largest absolute Gasteiger partial charge is 0.398 e. The van der Waals surface area contributed by atoms with Gasteiger partial charge in [0.25, 0.3) is 0 Å². The Kier molecular flexibility index (Phi) is 4.59. The van der Waals surface area contributed by atoms with Crippen LogP contribution in [0.1, 0.15) is 25.7 Å². The van der Waals surface area contributed by atoms with Crippen molar-refractivity contribution in [2.24, 2.45) is 5.41 Å². The summed E-state index contributed by atoms with van der Waals surface area (Å²) in [6.07, 6.45) is 3.69. The van der Waals surface area contributed by atoms with E-state index in [2.05, 4.69) is 4.72 Å². The minimum absolute atomic E-state index is 0.0133. The van der Waals surface area contributed by atoms with E-state index in [0.717, 1.165) is 25.7 Å². The molecule has 112 valence electrons. The zero-order chi connectivity index (χ0) is 14.8. The van der Waals surface area contributed by atoms with Crippen LogP contribution in [-0.4, -0.2) is 26.7 Å². The third-order valence-corrected chi connectivity index (χ3v) is 5.59. The van der Waals surface area contributed by atoms with Crippen LogP contribution in [0.15, 0.2) is 23.1 Å². The third-order valence-electron chi connectivity index (χ3n) is 3.90. The molecular formula is C13H19ClN2O3S. The summed E-state index contributed by atoms with van der Waals surface area (Å²) in [7, 11) is -3.72. The van der Waals surface area contributed by atoms with Crippen molar-refractivity contribution in [2.45, 2.75) is 30.6 Å². The van der Waals surface area contributed by atoms with Gasteiger partial charge < -0.3 is 10.8 Å². The number of nitrogens with two attached hydrogens (primary N) is 1. The van der Waals surface area contributed by atoms with Crippen LogP contribution in [0.2, 0.25) is 5.02 Å². The number of halogens is 1. The van der Waals surface area contributed by atoms with Gasteiger partial charge in [0, 0.05) is 23.6 Å².